The van der Waals surface area contributed by atoms with Gasteiger partial charge in [0.05, 0.1) is 19.8 Å². The lowest BCUT2D eigenvalue weighted by molar-refractivity contribution is 0.0542. The van der Waals surface area contributed by atoms with Gasteiger partial charge < -0.3 is 19.5 Å². The standard InChI is InChI=1S/C16H26FNO3/c1-13(2)11-18-12-14-10-15(17)4-5-16(14)21-9-8-20-7-6-19-3/h4-5,10,13,18H,6-9,11-12H2,1-3H3. The predicted molar refractivity (Wildman–Crippen MR) is 81.1 cm³/mol. The highest BCUT2D eigenvalue weighted by molar-refractivity contribution is 5.33. The third-order valence-corrected chi connectivity index (χ3v) is 2.81. The summed E-state index contributed by atoms with van der Waals surface area (Å²) >= 11 is 0. The Labute approximate surface area is 126 Å². The molecule has 1 aromatic rings. The van der Waals surface area contributed by atoms with Gasteiger partial charge in [0, 0.05) is 19.2 Å². The quantitative estimate of drug-likeness (QED) is 0.638. The van der Waals surface area contributed by atoms with Gasteiger partial charge in [0.15, 0.2) is 0 Å². The summed E-state index contributed by atoms with van der Waals surface area (Å²) in [4.78, 5) is 0. The zero-order chi connectivity index (χ0) is 15.5. The Morgan fingerprint density at radius 1 is 1.14 bits per heavy atom. The molecule has 0 aliphatic carbocycles. The summed E-state index contributed by atoms with van der Waals surface area (Å²) in [6.07, 6.45) is 0. The van der Waals surface area contributed by atoms with Gasteiger partial charge in [0.25, 0.3) is 0 Å². The van der Waals surface area contributed by atoms with Crippen molar-refractivity contribution in [2.24, 2.45) is 5.92 Å². The highest BCUT2D eigenvalue weighted by Gasteiger charge is 2.06. The van der Waals surface area contributed by atoms with Crippen LogP contribution >= 0.6 is 0 Å². The molecule has 21 heavy (non-hydrogen) atoms. The number of hydrogen-bond acceptors (Lipinski definition) is 4. The van der Waals surface area contributed by atoms with Crippen LogP contribution < -0.4 is 10.1 Å². The van der Waals surface area contributed by atoms with Gasteiger partial charge in [-0.05, 0) is 30.7 Å². The second kappa shape index (κ2) is 10.5. The number of benzene rings is 1. The fraction of sp³-hybridized carbons (Fsp3) is 0.625. The second-order valence-corrected chi connectivity index (χ2v) is 5.23. The van der Waals surface area contributed by atoms with Crippen LogP contribution in [0.2, 0.25) is 0 Å². The molecular weight excluding hydrogens is 273 g/mol. The SMILES string of the molecule is COCCOCCOc1ccc(F)cc1CNCC(C)C. The van der Waals surface area contributed by atoms with Crippen LogP contribution in [-0.2, 0) is 16.0 Å². The van der Waals surface area contributed by atoms with E-state index < -0.39 is 0 Å². The average molecular weight is 299 g/mol. The Kier molecular flexibility index (Phi) is 8.98. The molecule has 0 bridgehead atoms. The molecule has 0 saturated heterocycles. The molecule has 0 aliphatic rings. The summed E-state index contributed by atoms with van der Waals surface area (Å²) in [5.74, 6) is 1.00. The van der Waals surface area contributed by atoms with Gasteiger partial charge in [-0.3, -0.25) is 0 Å². The van der Waals surface area contributed by atoms with Gasteiger partial charge in [-0.1, -0.05) is 13.8 Å². The van der Waals surface area contributed by atoms with Crippen molar-refractivity contribution >= 4 is 0 Å². The first-order valence-corrected chi connectivity index (χ1v) is 7.32. The molecule has 1 aromatic carbocycles. The van der Waals surface area contributed by atoms with Crippen LogP contribution in [-0.4, -0.2) is 40.1 Å². The number of hydrogen-bond donors (Lipinski definition) is 1. The van der Waals surface area contributed by atoms with E-state index in [2.05, 4.69) is 19.2 Å². The summed E-state index contributed by atoms with van der Waals surface area (Å²) in [5, 5.41) is 3.29. The van der Waals surface area contributed by atoms with Gasteiger partial charge in [-0.2, -0.15) is 0 Å². The molecule has 1 rings (SSSR count). The van der Waals surface area contributed by atoms with E-state index >= 15 is 0 Å². The third kappa shape index (κ3) is 7.99. The number of rotatable bonds is 11. The molecule has 0 aliphatic heterocycles. The minimum Gasteiger partial charge on any atom is -0.491 e. The van der Waals surface area contributed by atoms with E-state index in [0.29, 0.717) is 44.6 Å². The Morgan fingerprint density at radius 3 is 2.62 bits per heavy atom. The molecule has 0 heterocycles. The van der Waals surface area contributed by atoms with E-state index in [1.54, 1.807) is 13.2 Å². The first-order valence-electron chi connectivity index (χ1n) is 7.32. The van der Waals surface area contributed by atoms with Crippen molar-refractivity contribution in [3.8, 4) is 5.75 Å². The summed E-state index contributed by atoms with van der Waals surface area (Å²) in [5.41, 5.74) is 0.826. The van der Waals surface area contributed by atoms with Gasteiger partial charge in [0.2, 0.25) is 0 Å². The number of nitrogens with one attached hydrogen (secondary N) is 1. The summed E-state index contributed by atoms with van der Waals surface area (Å²) < 4.78 is 29.2. The minimum absolute atomic E-state index is 0.250. The first-order chi connectivity index (χ1) is 10.1. The molecule has 0 amide bonds. The van der Waals surface area contributed by atoms with Crippen LogP contribution in [0.15, 0.2) is 18.2 Å². The fourth-order valence-electron chi connectivity index (χ4n) is 1.78. The van der Waals surface area contributed by atoms with Crippen LogP contribution in [0.4, 0.5) is 4.39 Å². The van der Waals surface area contributed by atoms with Gasteiger partial charge in [-0.25, -0.2) is 4.39 Å². The van der Waals surface area contributed by atoms with Crippen molar-refractivity contribution in [1.29, 1.82) is 0 Å². The lowest BCUT2D eigenvalue weighted by Crippen LogP contribution is -2.20. The monoisotopic (exact) mass is 299 g/mol. The largest absolute Gasteiger partial charge is 0.491 e. The van der Waals surface area contributed by atoms with E-state index in [4.69, 9.17) is 14.2 Å². The van der Waals surface area contributed by atoms with Crippen LogP contribution in [0.5, 0.6) is 5.75 Å². The maximum Gasteiger partial charge on any atom is 0.124 e. The lowest BCUT2D eigenvalue weighted by Gasteiger charge is -2.13. The van der Waals surface area contributed by atoms with E-state index in [9.17, 15) is 4.39 Å². The predicted octanol–water partition coefficient (Wildman–Crippen LogP) is 2.61. The van der Waals surface area contributed by atoms with Gasteiger partial charge in [0.1, 0.15) is 18.2 Å². The van der Waals surface area contributed by atoms with Crippen LogP contribution in [0.3, 0.4) is 0 Å². The molecule has 5 heteroatoms. The fourth-order valence-corrected chi connectivity index (χ4v) is 1.78. The molecular formula is C16H26FNO3. The van der Waals surface area contributed by atoms with E-state index in [-0.39, 0.29) is 5.82 Å². The van der Waals surface area contributed by atoms with Crippen molar-refractivity contribution in [3.63, 3.8) is 0 Å². The summed E-state index contributed by atoms with van der Waals surface area (Å²) in [7, 11) is 1.63. The topological polar surface area (TPSA) is 39.7 Å². The minimum atomic E-state index is -0.250. The smallest absolute Gasteiger partial charge is 0.124 e. The highest BCUT2D eigenvalue weighted by Crippen LogP contribution is 2.19. The highest BCUT2D eigenvalue weighted by atomic mass is 19.1. The molecule has 0 aromatic heterocycles. The molecule has 0 saturated carbocycles. The molecule has 1 N–H and O–H groups in total. The van der Waals surface area contributed by atoms with Gasteiger partial charge in [-0.15, -0.1) is 0 Å². The lowest BCUT2D eigenvalue weighted by atomic mass is 10.1. The molecule has 0 radical (unpaired) electrons. The van der Waals surface area contributed by atoms with Crippen LogP contribution in [0.1, 0.15) is 19.4 Å². The van der Waals surface area contributed by atoms with Crippen molar-refractivity contribution < 1.29 is 18.6 Å². The average Bonchev–Trinajstić information content (AvgIpc) is 2.44. The molecule has 120 valence electrons. The van der Waals surface area contributed by atoms with E-state index in [1.165, 1.54) is 12.1 Å². The maximum atomic E-state index is 13.3. The summed E-state index contributed by atoms with van der Waals surface area (Å²) in [6, 6.07) is 4.58. The van der Waals surface area contributed by atoms with Gasteiger partial charge >= 0.3 is 0 Å². The zero-order valence-electron chi connectivity index (χ0n) is 13.2. The number of methoxy groups -OCH3 is 1. The van der Waals surface area contributed by atoms with E-state index in [0.717, 1.165) is 12.1 Å². The van der Waals surface area contributed by atoms with Crippen LogP contribution in [0.25, 0.3) is 0 Å². The number of ether oxygens (including phenoxy) is 3. The zero-order valence-corrected chi connectivity index (χ0v) is 13.2. The Hall–Kier alpha value is -1.17. The Bertz CT molecular complexity index is 399. The normalized spacial score (nSPS) is 11.1. The van der Waals surface area contributed by atoms with Crippen molar-refractivity contribution in [2.75, 3.05) is 40.1 Å². The number of halogens is 1. The first kappa shape index (κ1) is 17.9. The van der Waals surface area contributed by atoms with Crippen molar-refractivity contribution in [3.05, 3.63) is 29.6 Å². The van der Waals surface area contributed by atoms with Crippen LogP contribution in [0, 0.1) is 11.7 Å². The molecule has 0 unspecified atom stereocenters. The molecule has 4 nitrogen and oxygen atoms in total. The van der Waals surface area contributed by atoms with Crippen molar-refractivity contribution in [2.45, 2.75) is 20.4 Å². The van der Waals surface area contributed by atoms with E-state index in [1.807, 2.05) is 0 Å². The molecule has 0 fully saturated rings. The Morgan fingerprint density at radius 2 is 1.90 bits per heavy atom. The third-order valence-electron chi connectivity index (χ3n) is 2.81. The summed E-state index contributed by atoms with van der Waals surface area (Å²) in [6.45, 7) is 7.78. The maximum absolute atomic E-state index is 13.3. The van der Waals surface area contributed by atoms with Crippen molar-refractivity contribution in [1.82, 2.24) is 5.32 Å². The molecule has 0 spiro atoms. The second-order valence-electron chi connectivity index (χ2n) is 5.23. The Balaban J connectivity index is 2.40. The molecule has 0 atom stereocenters.